The largest absolute Gasteiger partial charge is 0.306 e. The van der Waals surface area contributed by atoms with Gasteiger partial charge in [-0.15, -0.1) is 0 Å². The molecule has 150 valence electrons. The van der Waals surface area contributed by atoms with Gasteiger partial charge in [-0.25, -0.2) is 9.67 Å². The van der Waals surface area contributed by atoms with Gasteiger partial charge in [-0.3, -0.25) is 10.1 Å². The Kier molecular flexibility index (Phi) is 4.92. The van der Waals surface area contributed by atoms with Crippen molar-refractivity contribution in [1.29, 1.82) is 0 Å². The summed E-state index contributed by atoms with van der Waals surface area (Å²) < 4.78 is 1.98. The molecule has 2 aromatic heterocycles. The number of hydrogen-bond acceptors (Lipinski definition) is 5. The average Bonchev–Trinajstić information content (AvgIpc) is 3.02. The molecule has 1 aliphatic rings. The molecule has 1 N–H and O–H groups in total. The van der Waals surface area contributed by atoms with Gasteiger partial charge in [0.05, 0.1) is 16.3 Å². The molecule has 3 aromatic rings. The van der Waals surface area contributed by atoms with Gasteiger partial charge < -0.3 is 5.32 Å². The summed E-state index contributed by atoms with van der Waals surface area (Å²) in [6, 6.07) is 12.8. The number of hydrogen-bond donors (Lipinski definition) is 1. The van der Waals surface area contributed by atoms with Gasteiger partial charge in [0.1, 0.15) is 0 Å². The zero-order valence-electron chi connectivity index (χ0n) is 16.9. The normalized spacial score (nSPS) is 17.7. The van der Waals surface area contributed by atoms with E-state index in [0.29, 0.717) is 6.54 Å². The maximum Gasteiger partial charge on any atom is 0.269 e. The van der Waals surface area contributed by atoms with Gasteiger partial charge in [0.25, 0.3) is 5.69 Å². The van der Waals surface area contributed by atoms with E-state index in [2.05, 4.69) is 31.1 Å². The minimum absolute atomic E-state index is 0.113. The topological polar surface area (TPSA) is 85.9 Å². The molecule has 0 bridgehead atoms. The van der Waals surface area contributed by atoms with Crippen LogP contribution >= 0.6 is 0 Å². The van der Waals surface area contributed by atoms with Crippen molar-refractivity contribution in [3.63, 3.8) is 0 Å². The Morgan fingerprint density at radius 1 is 1.24 bits per heavy atom. The monoisotopic (exact) mass is 391 g/mol. The number of pyridine rings is 1. The van der Waals surface area contributed by atoms with Crippen LogP contribution < -0.4 is 5.32 Å². The summed E-state index contributed by atoms with van der Waals surface area (Å²) >= 11 is 0. The number of aryl methyl sites for hydroxylation is 1. The fourth-order valence-electron chi connectivity index (χ4n) is 4.21. The lowest BCUT2D eigenvalue weighted by atomic mass is 9.73. The number of nitrogens with one attached hydrogen (secondary N) is 1. The number of aromatic nitrogens is 3. The molecular formula is C22H25N5O2. The van der Waals surface area contributed by atoms with E-state index in [-0.39, 0.29) is 22.1 Å². The van der Waals surface area contributed by atoms with E-state index in [9.17, 15) is 10.1 Å². The van der Waals surface area contributed by atoms with Crippen molar-refractivity contribution in [1.82, 2.24) is 20.1 Å². The highest BCUT2D eigenvalue weighted by Crippen LogP contribution is 2.42. The van der Waals surface area contributed by atoms with Crippen molar-refractivity contribution in [2.45, 2.75) is 46.2 Å². The second kappa shape index (κ2) is 7.40. The Morgan fingerprint density at radius 2 is 2.00 bits per heavy atom. The number of nitrogens with zero attached hydrogens (tertiary/aromatic N) is 4. The van der Waals surface area contributed by atoms with E-state index in [4.69, 9.17) is 5.10 Å². The van der Waals surface area contributed by atoms with Crippen molar-refractivity contribution in [2.24, 2.45) is 5.41 Å². The fourth-order valence-corrected chi connectivity index (χ4v) is 4.21. The molecule has 1 unspecified atom stereocenters. The maximum absolute atomic E-state index is 10.9. The zero-order chi connectivity index (χ0) is 20.6. The number of nitro groups is 1. The minimum Gasteiger partial charge on any atom is -0.306 e. The molecule has 0 aliphatic heterocycles. The van der Waals surface area contributed by atoms with Gasteiger partial charge in [0, 0.05) is 36.5 Å². The third kappa shape index (κ3) is 3.91. The van der Waals surface area contributed by atoms with E-state index in [1.165, 1.54) is 11.3 Å². The Morgan fingerprint density at radius 3 is 2.66 bits per heavy atom. The predicted octanol–water partition coefficient (Wildman–Crippen LogP) is 4.29. The molecule has 0 radical (unpaired) electrons. The second-order valence-corrected chi connectivity index (χ2v) is 8.45. The lowest BCUT2D eigenvalue weighted by Crippen LogP contribution is -2.34. The SMILES string of the molecule is Cc1nn(-c2ccccn2)c2c1C(NCc1ccc([N+](=O)[O-])cc1)CC(C)(C)C2. The number of rotatable bonds is 5. The summed E-state index contributed by atoms with van der Waals surface area (Å²) in [6.45, 7) is 7.26. The summed E-state index contributed by atoms with van der Waals surface area (Å²) in [5.74, 6) is 0.837. The van der Waals surface area contributed by atoms with Crippen LogP contribution in [0.15, 0.2) is 48.7 Å². The Hall–Kier alpha value is -3.06. The molecule has 7 nitrogen and oxygen atoms in total. The first-order valence-corrected chi connectivity index (χ1v) is 9.80. The summed E-state index contributed by atoms with van der Waals surface area (Å²) in [5, 5.41) is 19.3. The van der Waals surface area contributed by atoms with Gasteiger partial charge in [-0.2, -0.15) is 5.10 Å². The number of non-ortho nitro benzene ring substituents is 1. The molecule has 1 aliphatic carbocycles. The van der Waals surface area contributed by atoms with Crippen LogP contribution in [-0.4, -0.2) is 19.7 Å². The van der Waals surface area contributed by atoms with E-state index in [1.54, 1.807) is 18.3 Å². The molecule has 0 spiro atoms. The van der Waals surface area contributed by atoms with E-state index >= 15 is 0 Å². The summed E-state index contributed by atoms with van der Waals surface area (Å²) in [4.78, 5) is 15.0. The average molecular weight is 391 g/mol. The highest BCUT2D eigenvalue weighted by molar-refractivity contribution is 5.38. The van der Waals surface area contributed by atoms with E-state index in [0.717, 1.165) is 29.9 Å². The molecule has 4 rings (SSSR count). The molecule has 2 heterocycles. The first-order valence-electron chi connectivity index (χ1n) is 9.80. The van der Waals surface area contributed by atoms with Crippen LogP contribution in [-0.2, 0) is 13.0 Å². The van der Waals surface area contributed by atoms with Gasteiger partial charge in [0.15, 0.2) is 5.82 Å². The van der Waals surface area contributed by atoms with Gasteiger partial charge in [0.2, 0.25) is 0 Å². The lowest BCUT2D eigenvalue weighted by Gasteiger charge is -2.36. The van der Waals surface area contributed by atoms with Crippen molar-refractivity contribution in [2.75, 3.05) is 0 Å². The third-order valence-electron chi connectivity index (χ3n) is 5.52. The first kappa shape index (κ1) is 19.3. The smallest absolute Gasteiger partial charge is 0.269 e. The van der Waals surface area contributed by atoms with Crippen molar-refractivity contribution in [3.05, 3.63) is 81.3 Å². The third-order valence-corrected chi connectivity index (χ3v) is 5.52. The first-order chi connectivity index (χ1) is 13.8. The molecule has 0 saturated heterocycles. The quantitative estimate of drug-likeness (QED) is 0.518. The van der Waals surface area contributed by atoms with Crippen molar-refractivity contribution < 1.29 is 4.92 Å². The molecule has 1 atom stereocenters. The van der Waals surface area contributed by atoms with Crippen LogP contribution in [0.3, 0.4) is 0 Å². The molecular weight excluding hydrogens is 366 g/mol. The number of benzene rings is 1. The lowest BCUT2D eigenvalue weighted by molar-refractivity contribution is -0.384. The van der Waals surface area contributed by atoms with Crippen LogP contribution in [0.25, 0.3) is 5.82 Å². The zero-order valence-corrected chi connectivity index (χ0v) is 16.9. The van der Waals surface area contributed by atoms with Crippen LogP contribution in [0.2, 0.25) is 0 Å². The van der Waals surface area contributed by atoms with E-state index in [1.807, 2.05) is 35.0 Å². The summed E-state index contributed by atoms with van der Waals surface area (Å²) in [6.07, 6.45) is 3.73. The van der Waals surface area contributed by atoms with Crippen LogP contribution in [0.1, 0.15) is 48.8 Å². The molecule has 0 fully saturated rings. The Balaban J connectivity index is 1.62. The van der Waals surface area contributed by atoms with Gasteiger partial charge >= 0.3 is 0 Å². The van der Waals surface area contributed by atoms with Crippen LogP contribution in [0, 0.1) is 22.5 Å². The Labute approximate surface area is 169 Å². The van der Waals surface area contributed by atoms with Crippen molar-refractivity contribution >= 4 is 5.69 Å². The van der Waals surface area contributed by atoms with Gasteiger partial charge in [-0.1, -0.05) is 32.0 Å². The summed E-state index contributed by atoms with van der Waals surface area (Å²) in [5.41, 5.74) is 4.73. The van der Waals surface area contributed by atoms with E-state index < -0.39 is 0 Å². The molecule has 7 heteroatoms. The standard InChI is InChI=1S/C22H25N5O2/c1-15-21-18(24-14-16-7-9-17(10-8-16)27(28)29)12-22(2,3)13-19(21)26(25-15)20-6-4-5-11-23-20/h4-11,18,24H,12-14H2,1-3H3. The number of nitro benzene ring substituents is 1. The fraction of sp³-hybridized carbons (Fsp3) is 0.364. The van der Waals surface area contributed by atoms with Crippen LogP contribution in [0.5, 0.6) is 0 Å². The predicted molar refractivity (Wildman–Crippen MR) is 111 cm³/mol. The molecule has 0 saturated carbocycles. The second-order valence-electron chi connectivity index (χ2n) is 8.45. The maximum atomic E-state index is 10.9. The van der Waals surface area contributed by atoms with Crippen molar-refractivity contribution in [3.8, 4) is 5.82 Å². The highest BCUT2D eigenvalue weighted by Gasteiger charge is 2.36. The molecule has 1 aromatic carbocycles. The highest BCUT2D eigenvalue weighted by atomic mass is 16.6. The van der Waals surface area contributed by atoms with Gasteiger partial charge in [-0.05, 0) is 42.9 Å². The summed E-state index contributed by atoms with van der Waals surface area (Å²) in [7, 11) is 0. The molecule has 29 heavy (non-hydrogen) atoms. The molecule has 0 amide bonds. The minimum atomic E-state index is -0.373. The van der Waals surface area contributed by atoms with Crippen LogP contribution in [0.4, 0.5) is 5.69 Å². The Bertz CT molecular complexity index is 1030. The number of fused-ring (bicyclic) bond motifs is 1.